The van der Waals surface area contributed by atoms with E-state index in [1.165, 1.54) is 11.1 Å². The second kappa shape index (κ2) is 7.42. The molecular formula is C14H23NO. The second-order valence-corrected chi connectivity index (χ2v) is 4.63. The van der Waals surface area contributed by atoms with Crippen molar-refractivity contribution in [3.05, 3.63) is 35.4 Å². The van der Waals surface area contributed by atoms with Crippen LogP contribution in [0.1, 0.15) is 25.0 Å². The predicted octanol–water partition coefficient (Wildman–Crippen LogP) is 2.76. The average molecular weight is 221 g/mol. The van der Waals surface area contributed by atoms with Crippen molar-refractivity contribution in [3.8, 4) is 0 Å². The molecule has 0 unspecified atom stereocenters. The van der Waals surface area contributed by atoms with Gasteiger partial charge in [0.2, 0.25) is 0 Å². The van der Waals surface area contributed by atoms with E-state index in [1.54, 1.807) is 0 Å². The van der Waals surface area contributed by atoms with Gasteiger partial charge in [0.05, 0.1) is 6.61 Å². The number of hydrogen-bond donors (Lipinski definition) is 1. The summed E-state index contributed by atoms with van der Waals surface area (Å²) >= 11 is 0. The number of rotatable bonds is 7. The Labute approximate surface area is 99.0 Å². The van der Waals surface area contributed by atoms with Gasteiger partial charge >= 0.3 is 0 Å². The van der Waals surface area contributed by atoms with Crippen molar-refractivity contribution in [2.45, 2.75) is 27.3 Å². The molecule has 1 N–H and O–H groups in total. The number of hydrogen-bond acceptors (Lipinski definition) is 2. The van der Waals surface area contributed by atoms with E-state index < -0.39 is 0 Å². The first kappa shape index (κ1) is 13.2. The minimum Gasteiger partial charge on any atom is -0.380 e. The Morgan fingerprint density at radius 1 is 1.31 bits per heavy atom. The Morgan fingerprint density at radius 2 is 2.12 bits per heavy atom. The monoisotopic (exact) mass is 221 g/mol. The van der Waals surface area contributed by atoms with Crippen LogP contribution in [0.2, 0.25) is 0 Å². The Kier molecular flexibility index (Phi) is 6.12. The zero-order valence-corrected chi connectivity index (χ0v) is 10.6. The maximum absolute atomic E-state index is 5.49. The van der Waals surface area contributed by atoms with E-state index in [4.69, 9.17) is 4.74 Å². The van der Waals surface area contributed by atoms with Gasteiger partial charge in [-0.15, -0.1) is 0 Å². The summed E-state index contributed by atoms with van der Waals surface area (Å²) in [7, 11) is 0. The first-order chi connectivity index (χ1) is 7.68. The van der Waals surface area contributed by atoms with Gasteiger partial charge in [0.25, 0.3) is 0 Å². The molecule has 0 fully saturated rings. The number of nitrogens with one attached hydrogen (secondary N) is 1. The fourth-order valence-corrected chi connectivity index (χ4v) is 1.52. The number of ether oxygens (including phenoxy) is 1. The lowest BCUT2D eigenvalue weighted by Crippen LogP contribution is -2.20. The molecule has 0 atom stereocenters. The third kappa shape index (κ3) is 5.89. The van der Waals surface area contributed by atoms with Gasteiger partial charge in [-0.2, -0.15) is 0 Å². The Bertz CT molecular complexity index is 297. The summed E-state index contributed by atoms with van der Waals surface area (Å²) in [6.45, 7) is 9.94. The summed E-state index contributed by atoms with van der Waals surface area (Å²) in [6.07, 6.45) is 0. The fourth-order valence-electron chi connectivity index (χ4n) is 1.52. The van der Waals surface area contributed by atoms with Crippen LogP contribution >= 0.6 is 0 Å². The molecule has 0 radical (unpaired) electrons. The maximum Gasteiger partial charge on any atom is 0.0591 e. The Balaban J connectivity index is 2.07. The highest BCUT2D eigenvalue weighted by Crippen LogP contribution is 2.02. The van der Waals surface area contributed by atoms with E-state index in [0.29, 0.717) is 5.92 Å². The third-order valence-electron chi connectivity index (χ3n) is 2.29. The summed E-state index contributed by atoms with van der Waals surface area (Å²) in [4.78, 5) is 0. The summed E-state index contributed by atoms with van der Waals surface area (Å²) in [5, 5.41) is 3.38. The quantitative estimate of drug-likeness (QED) is 0.715. The van der Waals surface area contributed by atoms with E-state index >= 15 is 0 Å². The SMILES string of the molecule is Cc1cccc(CNCCOCC(C)C)c1. The largest absolute Gasteiger partial charge is 0.380 e. The zero-order chi connectivity index (χ0) is 11.8. The lowest BCUT2D eigenvalue weighted by Gasteiger charge is -2.08. The molecule has 1 rings (SSSR count). The summed E-state index contributed by atoms with van der Waals surface area (Å²) in [5.41, 5.74) is 2.65. The molecule has 0 aliphatic heterocycles. The van der Waals surface area contributed by atoms with Crippen LogP contribution in [0.5, 0.6) is 0 Å². The van der Waals surface area contributed by atoms with Gasteiger partial charge in [-0.25, -0.2) is 0 Å². The first-order valence-electron chi connectivity index (χ1n) is 6.02. The number of benzene rings is 1. The highest BCUT2D eigenvalue weighted by molar-refractivity contribution is 5.21. The van der Waals surface area contributed by atoms with Crippen molar-refractivity contribution in [2.75, 3.05) is 19.8 Å². The van der Waals surface area contributed by atoms with Gasteiger partial charge in [-0.3, -0.25) is 0 Å². The molecule has 0 aliphatic rings. The highest BCUT2D eigenvalue weighted by Gasteiger charge is 1.95. The lowest BCUT2D eigenvalue weighted by molar-refractivity contribution is 0.111. The van der Waals surface area contributed by atoms with E-state index in [0.717, 1.165) is 26.3 Å². The standard InChI is InChI=1S/C14H23NO/c1-12(2)11-16-8-7-15-10-14-6-4-5-13(3)9-14/h4-6,9,12,15H,7-8,10-11H2,1-3H3. The topological polar surface area (TPSA) is 21.3 Å². The minimum absolute atomic E-state index is 0.622. The smallest absolute Gasteiger partial charge is 0.0591 e. The van der Waals surface area contributed by atoms with Gasteiger partial charge in [-0.05, 0) is 18.4 Å². The first-order valence-corrected chi connectivity index (χ1v) is 6.02. The van der Waals surface area contributed by atoms with Crippen molar-refractivity contribution in [3.63, 3.8) is 0 Å². The molecule has 1 aromatic carbocycles. The van der Waals surface area contributed by atoms with Crippen LogP contribution in [0.4, 0.5) is 0 Å². The van der Waals surface area contributed by atoms with Gasteiger partial charge in [0.15, 0.2) is 0 Å². The van der Waals surface area contributed by atoms with Gasteiger partial charge in [0, 0.05) is 19.7 Å². The molecular weight excluding hydrogens is 198 g/mol. The maximum atomic E-state index is 5.49. The summed E-state index contributed by atoms with van der Waals surface area (Å²) < 4.78 is 5.49. The van der Waals surface area contributed by atoms with Crippen LogP contribution in [0.15, 0.2) is 24.3 Å². The van der Waals surface area contributed by atoms with Gasteiger partial charge in [0.1, 0.15) is 0 Å². The molecule has 0 heterocycles. The highest BCUT2D eigenvalue weighted by atomic mass is 16.5. The van der Waals surface area contributed by atoms with Gasteiger partial charge in [-0.1, -0.05) is 43.7 Å². The average Bonchev–Trinajstić information content (AvgIpc) is 2.23. The van der Waals surface area contributed by atoms with Crippen molar-refractivity contribution in [1.82, 2.24) is 5.32 Å². The Hall–Kier alpha value is -0.860. The van der Waals surface area contributed by atoms with Crippen molar-refractivity contribution >= 4 is 0 Å². The van der Waals surface area contributed by atoms with E-state index in [-0.39, 0.29) is 0 Å². The molecule has 0 saturated heterocycles. The molecule has 0 aromatic heterocycles. The lowest BCUT2D eigenvalue weighted by atomic mass is 10.1. The van der Waals surface area contributed by atoms with Crippen LogP contribution in [0.25, 0.3) is 0 Å². The molecule has 90 valence electrons. The molecule has 0 aliphatic carbocycles. The number of aryl methyl sites for hydroxylation is 1. The molecule has 0 spiro atoms. The summed E-state index contributed by atoms with van der Waals surface area (Å²) in [6, 6.07) is 8.58. The van der Waals surface area contributed by atoms with E-state index in [9.17, 15) is 0 Å². The molecule has 16 heavy (non-hydrogen) atoms. The summed E-state index contributed by atoms with van der Waals surface area (Å²) in [5.74, 6) is 0.622. The molecule has 2 nitrogen and oxygen atoms in total. The second-order valence-electron chi connectivity index (χ2n) is 4.63. The van der Waals surface area contributed by atoms with Crippen molar-refractivity contribution in [2.24, 2.45) is 5.92 Å². The normalized spacial score (nSPS) is 11.0. The Morgan fingerprint density at radius 3 is 2.81 bits per heavy atom. The fraction of sp³-hybridized carbons (Fsp3) is 0.571. The molecule has 0 amide bonds. The van der Waals surface area contributed by atoms with Crippen molar-refractivity contribution < 1.29 is 4.74 Å². The molecule has 0 saturated carbocycles. The molecule has 0 bridgehead atoms. The van der Waals surface area contributed by atoms with Crippen LogP contribution in [0.3, 0.4) is 0 Å². The van der Waals surface area contributed by atoms with Crippen LogP contribution in [-0.4, -0.2) is 19.8 Å². The zero-order valence-electron chi connectivity index (χ0n) is 10.6. The minimum atomic E-state index is 0.622. The van der Waals surface area contributed by atoms with Crippen LogP contribution < -0.4 is 5.32 Å². The van der Waals surface area contributed by atoms with Crippen molar-refractivity contribution in [1.29, 1.82) is 0 Å². The third-order valence-corrected chi connectivity index (χ3v) is 2.29. The predicted molar refractivity (Wildman–Crippen MR) is 68.5 cm³/mol. The van der Waals surface area contributed by atoms with E-state index in [2.05, 4.69) is 50.4 Å². The molecule has 1 aromatic rings. The molecule has 2 heteroatoms. The van der Waals surface area contributed by atoms with E-state index in [1.807, 2.05) is 0 Å². The van der Waals surface area contributed by atoms with Crippen LogP contribution in [-0.2, 0) is 11.3 Å². The van der Waals surface area contributed by atoms with Gasteiger partial charge < -0.3 is 10.1 Å². The van der Waals surface area contributed by atoms with Crippen LogP contribution in [0, 0.1) is 12.8 Å².